The summed E-state index contributed by atoms with van der Waals surface area (Å²) in [5.41, 5.74) is 4.87. The van der Waals surface area contributed by atoms with E-state index in [-0.39, 0.29) is 5.56 Å². The maximum absolute atomic E-state index is 14.1. The van der Waals surface area contributed by atoms with E-state index in [1.54, 1.807) is 30.5 Å². The van der Waals surface area contributed by atoms with E-state index in [0.29, 0.717) is 22.0 Å². The van der Waals surface area contributed by atoms with Gasteiger partial charge in [0, 0.05) is 29.9 Å². The zero-order valence-corrected chi connectivity index (χ0v) is 16.6. The predicted molar refractivity (Wildman–Crippen MR) is 109 cm³/mol. The van der Waals surface area contributed by atoms with Gasteiger partial charge in [0.15, 0.2) is 11.9 Å². The molecule has 3 aromatic rings. The van der Waals surface area contributed by atoms with Crippen molar-refractivity contribution in [2.75, 3.05) is 12.0 Å². The normalized spacial score (nSPS) is 21.5. The van der Waals surface area contributed by atoms with Crippen LogP contribution in [0.2, 0.25) is 5.02 Å². The molecule has 0 spiro atoms. The van der Waals surface area contributed by atoms with Gasteiger partial charge >= 0.3 is 6.18 Å². The van der Waals surface area contributed by atoms with Crippen molar-refractivity contribution in [2.24, 2.45) is 10.7 Å². The number of nitrogens with zero attached hydrogens (tertiary/aromatic N) is 3. The molecule has 1 aliphatic heterocycles. The van der Waals surface area contributed by atoms with Crippen LogP contribution in [0.3, 0.4) is 0 Å². The lowest BCUT2D eigenvalue weighted by atomic mass is 9.85. The number of aliphatic imine (C=N–C) groups is 1. The Morgan fingerprint density at radius 1 is 1.23 bits per heavy atom. The van der Waals surface area contributed by atoms with Gasteiger partial charge in [-0.1, -0.05) is 23.7 Å². The molecule has 0 saturated carbocycles. The second-order valence-electron chi connectivity index (χ2n) is 7.06. The molecule has 11 heteroatoms. The fourth-order valence-corrected chi connectivity index (χ4v) is 3.62. The van der Waals surface area contributed by atoms with Gasteiger partial charge in [0.05, 0.1) is 5.02 Å². The zero-order chi connectivity index (χ0) is 22.2. The Balaban J connectivity index is 1.71. The Morgan fingerprint density at radius 3 is 2.77 bits per heavy atom. The number of anilines is 2. The van der Waals surface area contributed by atoms with Gasteiger partial charge < -0.3 is 15.8 Å². The minimum atomic E-state index is -4.71. The van der Waals surface area contributed by atoms with Crippen LogP contribution >= 0.6 is 11.6 Å². The number of alkyl halides is 4. The Bertz CT molecular complexity index is 1160. The average Bonchev–Trinajstić information content (AvgIpc) is 2.73. The van der Waals surface area contributed by atoms with Crippen molar-refractivity contribution in [3.63, 3.8) is 0 Å². The molecule has 2 unspecified atom stereocenters. The summed E-state index contributed by atoms with van der Waals surface area (Å²) in [6.07, 6.45) is -4.67. The van der Waals surface area contributed by atoms with E-state index >= 15 is 0 Å². The molecule has 0 aliphatic carbocycles. The molecule has 0 fully saturated rings. The van der Waals surface area contributed by atoms with Crippen LogP contribution in [0.4, 0.5) is 29.1 Å². The number of rotatable bonds is 4. The third kappa shape index (κ3) is 4.20. The minimum Gasteiger partial charge on any atom is -0.452 e. The molecule has 6 nitrogen and oxygen atoms in total. The maximum atomic E-state index is 14.1. The molecule has 3 N–H and O–H groups in total. The molecule has 1 aromatic carbocycles. The molecule has 31 heavy (non-hydrogen) atoms. The number of nitrogens with two attached hydrogens (primary N) is 1. The average molecular weight is 454 g/mol. The molecular weight excluding hydrogens is 438 g/mol. The highest BCUT2D eigenvalue weighted by Crippen LogP contribution is 2.41. The summed E-state index contributed by atoms with van der Waals surface area (Å²) < 4.78 is 58.5. The fraction of sp³-hybridized carbons (Fsp3) is 0.250. The highest BCUT2D eigenvalue weighted by Gasteiger charge is 2.51. The number of benzene rings is 1. The van der Waals surface area contributed by atoms with E-state index < -0.39 is 36.9 Å². The van der Waals surface area contributed by atoms with Crippen molar-refractivity contribution in [1.29, 1.82) is 0 Å². The topological polar surface area (TPSA) is 85.4 Å². The lowest BCUT2D eigenvalue weighted by Crippen LogP contribution is -2.47. The highest BCUT2D eigenvalue weighted by molar-refractivity contribution is 6.31. The molecule has 0 radical (unpaired) electrons. The number of amidine groups is 1. The van der Waals surface area contributed by atoms with E-state index in [0.717, 1.165) is 5.39 Å². The first-order valence-corrected chi connectivity index (χ1v) is 9.50. The molecule has 2 aromatic heterocycles. The predicted octanol–water partition coefficient (Wildman–Crippen LogP) is 4.86. The van der Waals surface area contributed by atoms with Crippen LogP contribution in [0.15, 0.2) is 53.8 Å². The van der Waals surface area contributed by atoms with Gasteiger partial charge in [0.2, 0.25) is 0 Å². The van der Waals surface area contributed by atoms with Gasteiger partial charge in [0.25, 0.3) is 6.02 Å². The number of nitrogens with one attached hydrogen (secondary N) is 1. The largest absolute Gasteiger partial charge is 0.452 e. The fourth-order valence-electron chi connectivity index (χ4n) is 3.45. The monoisotopic (exact) mass is 453 g/mol. The van der Waals surface area contributed by atoms with E-state index in [9.17, 15) is 17.6 Å². The Morgan fingerprint density at radius 2 is 2.03 bits per heavy atom. The van der Waals surface area contributed by atoms with Gasteiger partial charge in [-0.05, 0) is 29.8 Å². The van der Waals surface area contributed by atoms with Crippen LogP contribution < -0.4 is 11.1 Å². The molecule has 2 atom stereocenters. The van der Waals surface area contributed by atoms with Crippen LogP contribution in [0, 0.1) is 0 Å². The first-order chi connectivity index (χ1) is 14.7. The quantitative estimate of drug-likeness (QED) is 0.551. The number of halogens is 5. The Kier molecular flexibility index (Phi) is 5.34. The van der Waals surface area contributed by atoms with Crippen molar-refractivity contribution in [1.82, 2.24) is 9.97 Å². The van der Waals surface area contributed by atoms with Crippen LogP contribution in [-0.4, -0.2) is 34.9 Å². The third-order valence-corrected chi connectivity index (χ3v) is 5.13. The first kappa shape index (κ1) is 21.1. The first-order valence-electron chi connectivity index (χ1n) is 9.13. The maximum Gasteiger partial charge on any atom is 0.425 e. The van der Waals surface area contributed by atoms with Crippen molar-refractivity contribution >= 4 is 40.0 Å². The third-order valence-electron chi connectivity index (χ3n) is 4.92. The van der Waals surface area contributed by atoms with Crippen LogP contribution in [0.5, 0.6) is 0 Å². The van der Waals surface area contributed by atoms with Crippen LogP contribution in [0.1, 0.15) is 12.0 Å². The van der Waals surface area contributed by atoms with Gasteiger partial charge in [-0.25, -0.2) is 14.4 Å². The van der Waals surface area contributed by atoms with Crippen molar-refractivity contribution in [3.05, 3.63) is 59.4 Å². The van der Waals surface area contributed by atoms with Gasteiger partial charge in [-0.15, -0.1) is 0 Å². The standard InChI is InChI=1S/C20H16ClF4N5O/c21-13-6-11-4-5-27-17(16(11)28-9-13)29-14-3-1-2-12(7-14)19(10-22)8-15(20(23,24)25)31-18(26)30-19/h1-7,9,15H,8,10H2,(H2,26,30)(H,27,29). The number of hydrogen-bond acceptors (Lipinski definition) is 6. The van der Waals surface area contributed by atoms with Crippen LogP contribution in [0.25, 0.3) is 10.9 Å². The minimum absolute atomic E-state index is 0.219. The Hall–Kier alpha value is -3.14. The molecule has 0 saturated heterocycles. The second kappa shape index (κ2) is 7.84. The summed E-state index contributed by atoms with van der Waals surface area (Å²) in [5.74, 6) is 0.406. The number of ether oxygens (including phenoxy) is 1. The number of pyridine rings is 2. The molecular formula is C20H16ClF4N5O. The van der Waals surface area contributed by atoms with E-state index in [2.05, 4.69) is 25.0 Å². The summed E-state index contributed by atoms with van der Waals surface area (Å²) in [4.78, 5) is 12.4. The smallest absolute Gasteiger partial charge is 0.425 e. The summed E-state index contributed by atoms with van der Waals surface area (Å²) in [7, 11) is 0. The molecule has 4 rings (SSSR count). The van der Waals surface area contributed by atoms with E-state index in [1.165, 1.54) is 18.3 Å². The number of aromatic nitrogens is 2. The van der Waals surface area contributed by atoms with E-state index in [1.807, 2.05) is 0 Å². The van der Waals surface area contributed by atoms with E-state index in [4.69, 9.17) is 17.3 Å². The number of fused-ring (bicyclic) bond motifs is 1. The van der Waals surface area contributed by atoms with Crippen molar-refractivity contribution < 1.29 is 22.3 Å². The summed E-state index contributed by atoms with van der Waals surface area (Å²) in [6, 6.07) is 9.00. The lowest BCUT2D eigenvalue weighted by molar-refractivity contribution is -0.209. The highest BCUT2D eigenvalue weighted by atomic mass is 35.5. The van der Waals surface area contributed by atoms with Crippen LogP contribution in [-0.2, 0) is 10.3 Å². The second-order valence-corrected chi connectivity index (χ2v) is 7.49. The van der Waals surface area contributed by atoms with Crippen molar-refractivity contribution in [2.45, 2.75) is 24.2 Å². The molecule has 1 aliphatic rings. The van der Waals surface area contributed by atoms with Gasteiger partial charge in [0.1, 0.15) is 17.7 Å². The Labute approximate surface area is 179 Å². The van der Waals surface area contributed by atoms with Crippen molar-refractivity contribution in [3.8, 4) is 0 Å². The van der Waals surface area contributed by atoms with Gasteiger partial charge in [-0.3, -0.25) is 4.98 Å². The molecule has 0 bridgehead atoms. The molecule has 3 heterocycles. The SMILES string of the molecule is NC1=NC(CF)(c2cccc(Nc3nccc4cc(Cl)cnc34)c2)CC(C(F)(F)F)O1. The number of hydrogen-bond donors (Lipinski definition) is 2. The zero-order valence-electron chi connectivity index (χ0n) is 15.8. The molecule has 162 valence electrons. The summed E-state index contributed by atoms with van der Waals surface area (Å²) in [5, 5.41) is 4.28. The summed E-state index contributed by atoms with van der Waals surface area (Å²) >= 11 is 5.97. The molecule has 0 amide bonds. The summed E-state index contributed by atoms with van der Waals surface area (Å²) in [6.45, 7) is -1.18. The van der Waals surface area contributed by atoms with Gasteiger partial charge in [-0.2, -0.15) is 13.2 Å². The lowest BCUT2D eigenvalue weighted by Gasteiger charge is -2.36.